The maximum Gasteiger partial charge on any atom is 0.254 e. The van der Waals surface area contributed by atoms with Crippen LogP contribution < -0.4 is 5.56 Å². The monoisotopic (exact) mass is 309 g/mol. The molecule has 0 fully saturated rings. The second kappa shape index (κ2) is 5.10. The molecule has 1 aromatic heterocycles. The maximum absolute atomic E-state index is 12.0. The first-order valence-corrected chi connectivity index (χ1v) is 6.61. The van der Waals surface area contributed by atoms with E-state index in [2.05, 4.69) is 28.6 Å². The Bertz CT molecular complexity index is 589. The summed E-state index contributed by atoms with van der Waals surface area (Å²) in [5.41, 5.74) is 2.67. The quantitative estimate of drug-likeness (QED) is 0.845. The average Bonchev–Trinajstić information content (AvgIpc) is 2.34. The van der Waals surface area contributed by atoms with Gasteiger partial charge in [-0.1, -0.05) is 34.1 Å². The molecule has 0 aliphatic carbocycles. The number of hydrogen-bond acceptors (Lipinski definition) is 2. The summed E-state index contributed by atoms with van der Waals surface area (Å²) < 4.78 is 2.69. The molecule has 1 aromatic carbocycles. The number of thiol groups is 1. The zero-order valence-electron chi connectivity index (χ0n) is 9.35. The number of hydrogen-bond donors (Lipinski definition) is 1. The Morgan fingerprint density at radius 1 is 1.18 bits per heavy atom. The summed E-state index contributed by atoms with van der Waals surface area (Å²) in [4.78, 5) is 12.0. The van der Waals surface area contributed by atoms with Crippen LogP contribution in [0.4, 0.5) is 0 Å². The first-order chi connectivity index (χ1) is 8.13. The molecule has 0 aliphatic rings. The van der Waals surface area contributed by atoms with Gasteiger partial charge in [0.25, 0.3) is 5.56 Å². The molecule has 4 heteroatoms. The van der Waals surface area contributed by atoms with Gasteiger partial charge in [-0.2, -0.15) is 12.6 Å². The summed E-state index contributed by atoms with van der Waals surface area (Å²) in [6, 6.07) is 11.7. The molecule has 0 radical (unpaired) electrons. The standard InChI is InChI=1S/C13H12BrNOS/c1-15-12(7-4-10(8-17)13(15)16)9-2-5-11(14)6-3-9/h2-7,17H,8H2,1H3. The minimum absolute atomic E-state index is 0.0143. The number of nitrogens with zero attached hydrogens (tertiary/aromatic N) is 1. The number of pyridine rings is 1. The van der Waals surface area contributed by atoms with Crippen molar-refractivity contribution in [3.8, 4) is 11.3 Å². The van der Waals surface area contributed by atoms with Gasteiger partial charge in [0.05, 0.1) is 5.69 Å². The van der Waals surface area contributed by atoms with Crippen LogP contribution in [0.1, 0.15) is 5.56 Å². The Balaban J connectivity index is 2.57. The van der Waals surface area contributed by atoms with E-state index in [0.717, 1.165) is 21.3 Å². The van der Waals surface area contributed by atoms with E-state index in [1.165, 1.54) is 0 Å². The van der Waals surface area contributed by atoms with Gasteiger partial charge in [-0.3, -0.25) is 4.79 Å². The van der Waals surface area contributed by atoms with Crippen molar-refractivity contribution < 1.29 is 0 Å². The van der Waals surface area contributed by atoms with E-state index in [0.29, 0.717) is 5.75 Å². The summed E-state index contributed by atoms with van der Waals surface area (Å²) >= 11 is 7.54. The van der Waals surface area contributed by atoms with Crippen LogP contribution in [0, 0.1) is 0 Å². The van der Waals surface area contributed by atoms with Crippen molar-refractivity contribution in [1.29, 1.82) is 0 Å². The fraction of sp³-hybridized carbons (Fsp3) is 0.154. The second-order valence-corrected chi connectivity index (χ2v) is 5.00. The predicted molar refractivity (Wildman–Crippen MR) is 77.5 cm³/mol. The number of halogens is 1. The normalized spacial score (nSPS) is 10.5. The van der Waals surface area contributed by atoms with Gasteiger partial charge in [0.2, 0.25) is 0 Å². The summed E-state index contributed by atoms with van der Waals surface area (Å²) in [5, 5.41) is 0. The molecule has 2 aromatic rings. The molecule has 0 atom stereocenters. The smallest absolute Gasteiger partial charge is 0.254 e. The number of aromatic nitrogens is 1. The van der Waals surface area contributed by atoms with Crippen LogP contribution >= 0.6 is 28.6 Å². The zero-order valence-corrected chi connectivity index (χ0v) is 11.8. The highest BCUT2D eigenvalue weighted by atomic mass is 79.9. The molecule has 0 saturated heterocycles. The molecular formula is C13H12BrNOS. The van der Waals surface area contributed by atoms with Gasteiger partial charge < -0.3 is 4.57 Å². The summed E-state index contributed by atoms with van der Waals surface area (Å²) in [5.74, 6) is 0.466. The molecule has 1 heterocycles. The summed E-state index contributed by atoms with van der Waals surface area (Å²) in [7, 11) is 1.78. The van der Waals surface area contributed by atoms with Crippen molar-refractivity contribution in [2.24, 2.45) is 7.05 Å². The molecule has 0 amide bonds. The third-order valence-corrected chi connectivity index (χ3v) is 3.56. The third kappa shape index (κ3) is 2.48. The molecule has 0 saturated carbocycles. The molecule has 0 N–H and O–H groups in total. The maximum atomic E-state index is 12.0. The topological polar surface area (TPSA) is 22.0 Å². The second-order valence-electron chi connectivity index (χ2n) is 3.77. The average molecular weight is 310 g/mol. The number of benzene rings is 1. The van der Waals surface area contributed by atoms with Gasteiger partial charge in [0, 0.05) is 22.8 Å². The SMILES string of the molecule is Cn1c(-c2ccc(Br)cc2)ccc(CS)c1=O. The number of rotatable bonds is 2. The lowest BCUT2D eigenvalue weighted by Gasteiger charge is -2.09. The Kier molecular flexibility index (Phi) is 3.74. The Hall–Kier alpha value is -1.00. The Morgan fingerprint density at radius 2 is 1.82 bits per heavy atom. The van der Waals surface area contributed by atoms with E-state index >= 15 is 0 Å². The molecular weight excluding hydrogens is 298 g/mol. The zero-order chi connectivity index (χ0) is 12.4. The lowest BCUT2D eigenvalue weighted by molar-refractivity contribution is 0.857. The minimum atomic E-state index is 0.0143. The highest BCUT2D eigenvalue weighted by Crippen LogP contribution is 2.20. The van der Waals surface area contributed by atoms with E-state index in [1.54, 1.807) is 11.6 Å². The van der Waals surface area contributed by atoms with Crippen molar-refractivity contribution >= 4 is 28.6 Å². The molecule has 0 spiro atoms. The third-order valence-electron chi connectivity index (χ3n) is 2.69. The highest BCUT2D eigenvalue weighted by Gasteiger charge is 2.06. The van der Waals surface area contributed by atoms with Crippen molar-refractivity contribution in [2.45, 2.75) is 5.75 Å². The molecule has 0 unspecified atom stereocenters. The van der Waals surface area contributed by atoms with Crippen LogP contribution in [-0.2, 0) is 12.8 Å². The lowest BCUT2D eigenvalue weighted by atomic mass is 10.1. The first kappa shape index (κ1) is 12.5. The molecule has 88 valence electrons. The van der Waals surface area contributed by atoms with Crippen LogP contribution in [0.3, 0.4) is 0 Å². The highest BCUT2D eigenvalue weighted by molar-refractivity contribution is 9.10. The van der Waals surface area contributed by atoms with Crippen molar-refractivity contribution in [3.05, 3.63) is 56.8 Å². The fourth-order valence-corrected chi connectivity index (χ4v) is 2.22. The molecule has 17 heavy (non-hydrogen) atoms. The lowest BCUT2D eigenvalue weighted by Crippen LogP contribution is -2.21. The Labute approximate surface area is 114 Å². The van der Waals surface area contributed by atoms with E-state index in [-0.39, 0.29) is 5.56 Å². The van der Waals surface area contributed by atoms with Crippen molar-refractivity contribution in [1.82, 2.24) is 4.57 Å². The van der Waals surface area contributed by atoms with Gasteiger partial charge in [0.1, 0.15) is 0 Å². The largest absolute Gasteiger partial charge is 0.311 e. The van der Waals surface area contributed by atoms with Crippen LogP contribution in [0.25, 0.3) is 11.3 Å². The van der Waals surface area contributed by atoms with E-state index in [4.69, 9.17) is 0 Å². The minimum Gasteiger partial charge on any atom is -0.311 e. The fourth-order valence-electron chi connectivity index (χ4n) is 1.72. The molecule has 2 nitrogen and oxygen atoms in total. The molecule has 2 rings (SSSR count). The summed E-state index contributed by atoms with van der Waals surface area (Å²) in [6.07, 6.45) is 0. The first-order valence-electron chi connectivity index (χ1n) is 5.19. The van der Waals surface area contributed by atoms with Gasteiger partial charge in [-0.25, -0.2) is 0 Å². The predicted octanol–water partition coefficient (Wildman–Crippen LogP) is 3.24. The van der Waals surface area contributed by atoms with Gasteiger partial charge >= 0.3 is 0 Å². The van der Waals surface area contributed by atoms with Crippen LogP contribution in [0.5, 0.6) is 0 Å². The van der Waals surface area contributed by atoms with Gasteiger partial charge in [-0.05, 0) is 23.8 Å². The van der Waals surface area contributed by atoms with Gasteiger partial charge in [-0.15, -0.1) is 0 Å². The van der Waals surface area contributed by atoms with Crippen LogP contribution in [-0.4, -0.2) is 4.57 Å². The molecule has 0 aliphatic heterocycles. The van der Waals surface area contributed by atoms with E-state index < -0.39 is 0 Å². The summed E-state index contributed by atoms with van der Waals surface area (Å²) in [6.45, 7) is 0. The van der Waals surface area contributed by atoms with Gasteiger partial charge in [0.15, 0.2) is 0 Å². The van der Waals surface area contributed by atoms with Crippen LogP contribution in [0.2, 0.25) is 0 Å². The van der Waals surface area contributed by atoms with E-state index in [1.807, 2.05) is 36.4 Å². The van der Waals surface area contributed by atoms with Crippen molar-refractivity contribution in [3.63, 3.8) is 0 Å². The van der Waals surface area contributed by atoms with Crippen molar-refractivity contribution in [2.75, 3.05) is 0 Å². The Morgan fingerprint density at radius 3 is 2.41 bits per heavy atom. The molecule has 0 bridgehead atoms. The van der Waals surface area contributed by atoms with Crippen LogP contribution in [0.15, 0.2) is 45.7 Å². The van der Waals surface area contributed by atoms with E-state index in [9.17, 15) is 4.79 Å².